The molecule has 5 aromatic heterocycles. The van der Waals surface area contributed by atoms with Crippen LogP contribution >= 0.6 is 0 Å². The number of methoxy groups -OCH3 is 3. The molecule has 0 amide bonds. The van der Waals surface area contributed by atoms with Crippen LogP contribution in [0.3, 0.4) is 0 Å². The van der Waals surface area contributed by atoms with E-state index in [0.717, 1.165) is 22.3 Å². The molecule has 1 atom stereocenters. The highest BCUT2D eigenvalue weighted by atomic mass is 16.5. The minimum Gasteiger partial charge on any atom is -0.479 e. The number of H-pyrrole nitrogens is 1. The van der Waals surface area contributed by atoms with Gasteiger partial charge in [-0.15, -0.1) is 0 Å². The molecule has 0 saturated carbocycles. The van der Waals surface area contributed by atoms with E-state index in [4.69, 9.17) is 45.3 Å². The van der Waals surface area contributed by atoms with Crippen LogP contribution in [0, 0.1) is 56.7 Å². The van der Waals surface area contributed by atoms with Gasteiger partial charge in [-0.1, -0.05) is 121 Å². The second-order valence-electron chi connectivity index (χ2n) is 20.2. The van der Waals surface area contributed by atoms with E-state index < -0.39 is 11.7 Å². The Labute approximate surface area is 526 Å². The Bertz CT molecular complexity index is 5130. The average molecular weight is 1230 g/mol. The molecule has 0 fully saturated rings. The number of nitriles is 5. The molecular weight excluding hydrogens is 1190 g/mol. The second kappa shape index (κ2) is 25.7. The van der Waals surface area contributed by atoms with E-state index in [1.165, 1.54) is 14.2 Å². The minimum atomic E-state index is -0.832. The van der Waals surface area contributed by atoms with Crippen molar-refractivity contribution < 1.29 is 43.2 Å². The van der Waals surface area contributed by atoms with Crippen molar-refractivity contribution in [3.05, 3.63) is 216 Å². The van der Waals surface area contributed by atoms with Gasteiger partial charge < -0.3 is 33.9 Å². The zero-order chi connectivity index (χ0) is 65.8. The molecule has 15 rings (SSSR count). The highest BCUT2D eigenvalue weighted by Gasteiger charge is 2.36. The summed E-state index contributed by atoms with van der Waals surface area (Å²) < 4.78 is 20.3. The van der Waals surface area contributed by atoms with Gasteiger partial charge in [0.15, 0.2) is 11.5 Å². The number of hydrogen-bond donors (Lipinski definition) is 2. The first kappa shape index (κ1) is 61.2. The van der Waals surface area contributed by atoms with Crippen LogP contribution in [-0.2, 0) is 4.74 Å². The van der Waals surface area contributed by atoms with E-state index in [1.54, 1.807) is 105 Å². The van der Waals surface area contributed by atoms with Crippen molar-refractivity contribution in [3.8, 4) is 104 Å². The van der Waals surface area contributed by atoms with E-state index in [1.807, 2.05) is 72.8 Å². The number of fused-ring (bicyclic) bond motifs is 15. The van der Waals surface area contributed by atoms with Crippen LogP contribution in [0.5, 0.6) is 17.6 Å². The normalized spacial score (nSPS) is 12.5. The predicted octanol–water partition coefficient (Wildman–Crippen LogP) is 7.05. The summed E-state index contributed by atoms with van der Waals surface area (Å²) in [7, 11) is 7.99. The van der Waals surface area contributed by atoms with Gasteiger partial charge >= 0.3 is 0 Å². The van der Waals surface area contributed by atoms with Gasteiger partial charge in [-0.3, -0.25) is 24.0 Å². The number of rotatable bonds is 7. The van der Waals surface area contributed by atoms with Gasteiger partial charge in [0.1, 0.15) is 88.6 Å². The lowest BCUT2D eigenvalue weighted by atomic mass is 10.1. The Morgan fingerprint density at radius 2 is 0.796 bits per heavy atom. The Morgan fingerprint density at radius 3 is 1.27 bits per heavy atom. The highest BCUT2D eigenvalue weighted by Crippen LogP contribution is 2.43. The number of aromatic amines is 1. The number of benzene rings is 5. The Kier molecular flexibility index (Phi) is 16.9. The third-order valence-corrected chi connectivity index (χ3v) is 14.6. The largest absolute Gasteiger partial charge is 0.479 e. The molecule has 5 aliphatic rings. The van der Waals surface area contributed by atoms with Crippen LogP contribution in [0.15, 0.2) is 126 Å². The van der Waals surface area contributed by atoms with Gasteiger partial charge in [-0.25, -0.2) is 44.9 Å². The van der Waals surface area contributed by atoms with Crippen LogP contribution in [0.2, 0.25) is 0 Å². The molecule has 0 radical (unpaired) electrons. The Balaban J connectivity index is 0.000000119. The van der Waals surface area contributed by atoms with Gasteiger partial charge in [0.25, 0.3) is 23.2 Å². The van der Waals surface area contributed by atoms with Crippen LogP contribution in [-0.4, -0.2) is 127 Å². The van der Waals surface area contributed by atoms with Crippen molar-refractivity contribution in [2.45, 2.75) is 6.10 Å². The molecule has 10 aromatic rings. The van der Waals surface area contributed by atoms with Crippen molar-refractivity contribution in [3.63, 3.8) is 0 Å². The summed E-state index contributed by atoms with van der Waals surface area (Å²) >= 11 is 0. The first-order valence-electron chi connectivity index (χ1n) is 27.7. The van der Waals surface area contributed by atoms with E-state index in [-0.39, 0.29) is 98.6 Å². The number of nitrogens with one attached hydrogen (secondary N) is 1. The van der Waals surface area contributed by atoms with Gasteiger partial charge in [0, 0.05) is 71.3 Å². The molecule has 450 valence electrons. The number of ketones is 4. The molecule has 0 saturated heterocycles. The van der Waals surface area contributed by atoms with Crippen LogP contribution in [0.25, 0.3) is 56.3 Å². The standard InChI is InChI=1S/C15H11N3O3.C14H10N4O.C13H9N3O2.C13H7N3O2.C12H5N3O2/c1-20-6-7-21-15-11(8-16)17-13-12(18-15)9-4-2-3-5-10(9)14(13)19;1-18(2)14-10(7-15)16-12-11(17-14)8-5-3-4-6-9(8)13(12)19;2*1-18-13-9(6-14)15-11-10(16-13)7-4-2-3-5-8(7)12(11)17;13-5-8-12(17)15-9-6-3-1-2-4-7(6)11(16)10(9)14-8/h2-5H,6-7H2,1H3;3-6H,1-2H3;2-5,12,17H,1H3;2-5H,1H3;1-4H,(H,15,17). The maximum absolute atomic E-state index is 12.3. The smallest absolute Gasteiger partial charge is 0.285 e. The molecule has 0 aliphatic heterocycles. The number of carbonyl (C=O) groups is 4. The Morgan fingerprint density at radius 1 is 0.419 bits per heavy atom. The molecule has 0 spiro atoms. The maximum Gasteiger partial charge on any atom is 0.285 e. The molecule has 0 bridgehead atoms. The van der Waals surface area contributed by atoms with Crippen LogP contribution in [0.4, 0.5) is 5.82 Å². The number of aliphatic hydroxyl groups is 1. The quantitative estimate of drug-likeness (QED) is 0.151. The number of anilines is 1. The van der Waals surface area contributed by atoms with Gasteiger partial charge in [-0.2, -0.15) is 26.3 Å². The molecule has 26 heteroatoms. The summed E-state index contributed by atoms with van der Waals surface area (Å²) in [4.78, 5) is 102. The van der Waals surface area contributed by atoms with Gasteiger partial charge in [0.2, 0.25) is 45.9 Å². The number of carbonyl (C=O) groups excluding carboxylic acids is 4. The number of aromatic nitrogens is 10. The van der Waals surface area contributed by atoms with Gasteiger partial charge in [-0.05, 0) is 5.56 Å². The third kappa shape index (κ3) is 11.0. The topological polar surface area (TPSA) is 396 Å². The average Bonchev–Trinajstić information content (AvgIpc) is 1.70. The van der Waals surface area contributed by atoms with E-state index in [2.05, 4.69) is 49.8 Å². The second-order valence-corrected chi connectivity index (χ2v) is 20.2. The van der Waals surface area contributed by atoms with E-state index in [0.29, 0.717) is 80.0 Å². The van der Waals surface area contributed by atoms with Crippen LogP contribution < -0.4 is 24.7 Å². The molecule has 5 aromatic carbocycles. The SMILES string of the molecule is CN(C)c1nc2c(nc1C#N)C(=O)c1ccccc1-2.COCCOc1nc2c(nc1C#N)C(=O)c1ccccc1-2.COc1nc2c(nc1C#N)C(=O)c1ccccc1-2.COc1nc2c(nc1C#N)C(O)c1ccccc1-2.N#Cc1nc2c([nH]c1=O)-c1ccccc1C2=O. The molecule has 5 heterocycles. The summed E-state index contributed by atoms with van der Waals surface area (Å²) in [5.74, 6) is 0.0769. The lowest BCUT2D eigenvalue weighted by Crippen LogP contribution is -2.15. The molecule has 93 heavy (non-hydrogen) atoms. The first-order valence-corrected chi connectivity index (χ1v) is 27.7. The van der Waals surface area contributed by atoms with Gasteiger partial charge in [0.05, 0.1) is 32.2 Å². The zero-order valence-electron chi connectivity index (χ0n) is 49.4. The monoisotopic (exact) mass is 1230 g/mol. The summed E-state index contributed by atoms with van der Waals surface area (Å²) in [6, 6.07) is 45.2. The fraction of sp³-hybridized carbons (Fsp3) is 0.119. The van der Waals surface area contributed by atoms with Crippen molar-refractivity contribution in [2.24, 2.45) is 0 Å². The highest BCUT2D eigenvalue weighted by molar-refractivity contribution is 6.22. The number of aliphatic hydroxyl groups excluding tert-OH is 1. The zero-order valence-corrected chi connectivity index (χ0v) is 49.4. The minimum absolute atomic E-state index is 0.00556. The van der Waals surface area contributed by atoms with Crippen LogP contribution in [0.1, 0.15) is 110 Å². The number of nitrogens with zero attached hydrogens (tertiary/aromatic N) is 15. The number of ether oxygens (including phenoxy) is 4. The fourth-order valence-electron chi connectivity index (χ4n) is 10.4. The maximum atomic E-state index is 12.3. The lowest BCUT2D eigenvalue weighted by Gasteiger charge is -2.13. The summed E-state index contributed by atoms with van der Waals surface area (Å²) in [6.07, 6.45) is -0.832. The Hall–Kier alpha value is -13.5. The lowest BCUT2D eigenvalue weighted by molar-refractivity contribution is 0.103. The van der Waals surface area contributed by atoms with Crippen molar-refractivity contribution >= 4 is 29.0 Å². The predicted molar refractivity (Wildman–Crippen MR) is 326 cm³/mol. The molecule has 5 aliphatic carbocycles. The fourth-order valence-corrected chi connectivity index (χ4v) is 10.4. The molecule has 2 N–H and O–H groups in total. The van der Waals surface area contributed by atoms with Crippen molar-refractivity contribution in [2.75, 3.05) is 53.5 Å². The summed E-state index contributed by atoms with van der Waals surface area (Å²) in [6.45, 7) is 0.632. The molecule has 1 unspecified atom stereocenters. The summed E-state index contributed by atoms with van der Waals surface area (Å²) in [5.41, 5.74) is 9.80. The van der Waals surface area contributed by atoms with Crippen molar-refractivity contribution in [1.29, 1.82) is 26.3 Å². The third-order valence-electron chi connectivity index (χ3n) is 14.6. The molecule has 26 nitrogen and oxygen atoms in total. The first-order chi connectivity index (χ1) is 45.1. The molecular formula is C67H42N16O10. The number of hydrogen-bond acceptors (Lipinski definition) is 25. The summed E-state index contributed by atoms with van der Waals surface area (Å²) in [5, 5.41) is 55.0. The van der Waals surface area contributed by atoms with E-state index in [9.17, 15) is 29.1 Å². The van der Waals surface area contributed by atoms with Crippen molar-refractivity contribution in [1.82, 2.24) is 49.8 Å². The van der Waals surface area contributed by atoms with E-state index >= 15 is 0 Å².